The zero-order valence-corrected chi connectivity index (χ0v) is 22.5. The topological polar surface area (TPSA) is 109 Å². The first-order chi connectivity index (χ1) is 17.7. The van der Waals surface area contributed by atoms with Crippen molar-refractivity contribution in [2.24, 2.45) is 0 Å². The van der Waals surface area contributed by atoms with E-state index in [1.54, 1.807) is 29.1 Å². The van der Waals surface area contributed by atoms with Gasteiger partial charge in [-0.2, -0.15) is 0 Å². The standard InChI is InChI=1S/C23H22Cl2FN3O3S2.CH2O2/c24-15-1-5-21(26)14(7-15)11-29-16-2-3-17(29)9-18(8-16)32-22-6-4-19(10-20(22)25)34(30,31)28-23-12-33-13-27-23;2-1-3/h1,4-7,10,12-13,16-18,28H,2-3,8-9,11H2;1H,(H,2,3)/t16-,17-;/m0./s1. The lowest BCUT2D eigenvalue weighted by Gasteiger charge is -2.39. The summed E-state index contributed by atoms with van der Waals surface area (Å²) in [6.07, 6.45) is 3.59. The fourth-order valence-electron chi connectivity index (χ4n) is 4.82. The Morgan fingerprint density at radius 2 is 1.89 bits per heavy atom. The van der Waals surface area contributed by atoms with Crippen molar-refractivity contribution in [3.63, 3.8) is 0 Å². The number of hydrogen-bond acceptors (Lipinski definition) is 7. The normalized spacial score (nSPS) is 21.1. The summed E-state index contributed by atoms with van der Waals surface area (Å²) >= 11 is 13.8. The van der Waals surface area contributed by atoms with Crippen LogP contribution in [0.2, 0.25) is 10.0 Å². The molecule has 0 saturated carbocycles. The van der Waals surface area contributed by atoms with E-state index in [-0.39, 0.29) is 46.2 Å². The van der Waals surface area contributed by atoms with Crippen molar-refractivity contribution in [3.05, 3.63) is 68.7 Å². The third kappa shape index (κ3) is 6.71. The Labute approximate surface area is 228 Å². The maximum absolute atomic E-state index is 14.3. The van der Waals surface area contributed by atoms with E-state index in [9.17, 15) is 12.8 Å². The lowest BCUT2D eigenvalue weighted by molar-refractivity contribution is -0.122. The molecule has 3 heterocycles. The minimum absolute atomic E-state index is 0.0382. The van der Waals surface area contributed by atoms with Gasteiger partial charge in [-0.1, -0.05) is 23.2 Å². The van der Waals surface area contributed by atoms with E-state index in [1.807, 2.05) is 0 Å². The second-order valence-electron chi connectivity index (χ2n) is 8.68. The molecule has 37 heavy (non-hydrogen) atoms. The van der Waals surface area contributed by atoms with Gasteiger partial charge in [-0.05, 0) is 62.1 Å². The van der Waals surface area contributed by atoms with Gasteiger partial charge in [0, 0.05) is 34.6 Å². The van der Waals surface area contributed by atoms with E-state index in [1.165, 1.54) is 29.5 Å². The van der Waals surface area contributed by atoms with Gasteiger partial charge in [-0.15, -0.1) is 11.3 Å². The van der Waals surface area contributed by atoms with Crippen LogP contribution in [0.25, 0.3) is 0 Å². The van der Waals surface area contributed by atoms with Crippen LogP contribution in [0, 0.1) is 5.82 Å². The van der Waals surface area contributed by atoms with Crippen LogP contribution in [0.4, 0.5) is 10.2 Å². The highest BCUT2D eigenvalue weighted by molar-refractivity contribution is 7.92. The Morgan fingerprint density at radius 3 is 2.51 bits per heavy atom. The second kappa shape index (κ2) is 12.0. The Morgan fingerprint density at radius 1 is 1.19 bits per heavy atom. The monoisotopic (exact) mass is 587 g/mol. The third-order valence-corrected chi connectivity index (χ3v) is 8.85. The molecule has 0 amide bonds. The maximum atomic E-state index is 14.3. The first kappa shape index (κ1) is 27.6. The van der Waals surface area contributed by atoms with Crippen molar-refractivity contribution < 1.29 is 27.4 Å². The third-order valence-electron chi connectivity index (χ3n) is 6.38. The summed E-state index contributed by atoms with van der Waals surface area (Å²) in [7, 11) is -3.80. The van der Waals surface area contributed by atoms with Crippen LogP contribution in [0.5, 0.6) is 5.75 Å². The summed E-state index contributed by atoms with van der Waals surface area (Å²) < 4.78 is 48.1. The summed E-state index contributed by atoms with van der Waals surface area (Å²) in [5.41, 5.74) is 2.15. The highest BCUT2D eigenvalue weighted by atomic mass is 35.5. The number of benzene rings is 2. The first-order valence-electron chi connectivity index (χ1n) is 11.3. The van der Waals surface area contributed by atoms with E-state index in [2.05, 4.69) is 14.6 Å². The molecule has 2 saturated heterocycles. The van der Waals surface area contributed by atoms with Crippen molar-refractivity contribution in [2.75, 3.05) is 4.72 Å². The molecule has 2 atom stereocenters. The number of fused-ring (bicyclic) bond motifs is 2. The summed E-state index contributed by atoms with van der Waals surface area (Å²) in [6, 6.07) is 9.67. The molecule has 0 spiro atoms. The van der Waals surface area contributed by atoms with Gasteiger partial charge < -0.3 is 9.84 Å². The zero-order chi connectivity index (χ0) is 26.6. The zero-order valence-electron chi connectivity index (χ0n) is 19.4. The molecule has 198 valence electrons. The predicted octanol–water partition coefficient (Wildman–Crippen LogP) is 5.67. The average Bonchev–Trinajstić information content (AvgIpc) is 3.42. The van der Waals surface area contributed by atoms with Gasteiger partial charge in [-0.3, -0.25) is 14.4 Å². The Hall–Kier alpha value is -2.44. The van der Waals surface area contributed by atoms with Gasteiger partial charge in [0.2, 0.25) is 0 Å². The molecular formula is C24H24Cl2FN3O5S2. The number of aromatic nitrogens is 1. The molecule has 0 radical (unpaired) electrons. The number of nitrogens with one attached hydrogen (secondary N) is 1. The van der Waals surface area contributed by atoms with Crippen molar-refractivity contribution in [2.45, 2.75) is 55.3 Å². The molecule has 2 aliphatic rings. The number of carboxylic acid groups (broad SMARTS) is 1. The molecule has 0 aliphatic carbocycles. The van der Waals surface area contributed by atoms with Crippen molar-refractivity contribution in [3.8, 4) is 5.75 Å². The van der Waals surface area contributed by atoms with Gasteiger partial charge in [0.05, 0.1) is 15.4 Å². The summed E-state index contributed by atoms with van der Waals surface area (Å²) in [5, 5.41) is 9.26. The van der Waals surface area contributed by atoms with E-state index >= 15 is 0 Å². The lowest BCUT2D eigenvalue weighted by atomic mass is 9.98. The molecule has 2 aliphatic heterocycles. The number of halogens is 3. The molecule has 8 nitrogen and oxygen atoms in total. The minimum Gasteiger partial charge on any atom is -0.489 e. The van der Waals surface area contributed by atoms with Gasteiger partial charge in [0.15, 0.2) is 5.82 Å². The number of carbonyl (C=O) groups is 1. The van der Waals surface area contributed by atoms with Gasteiger partial charge in [-0.25, -0.2) is 17.8 Å². The summed E-state index contributed by atoms with van der Waals surface area (Å²) in [6.45, 7) is 0.272. The molecule has 2 aromatic carbocycles. The molecule has 2 fully saturated rings. The van der Waals surface area contributed by atoms with E-state index in [0.717, 1.165) is 25.7 Å². The van der Waals surface area contributed by atoms with Crippen molar-refractivity contribution in [1.29, 1.82) is 0 Å². The van der Waals surface area contributed by atoms with E-state index in [4.69, 9.17) is 37.8 Å². The van der Waals surface area contributed by atoms with Crippen LogP contribution < -0.4 is 9.46 Å². The number of nitrogens with zero attached hydrogens (tertiary/aromatic N) is 2. The van der Waals surface area contributed by atoms with E-state index < -0.39 is 10.0 Å². The molecule has 13 heteroatoms. The van der Waals surface area contributed by atoms with Crippen molar-refractivity contribution in [1.82, 2.24) is 9.88 Å². The van der Waals surface area contributed by atoms with Crippen LogP contribution in [-0.2, 0) is 21.4 Å². The molecule has 2 bridgehead atoms. The highest BCUT2D eigenvalue weighted by Crippen LogP contribution is 2.40. The first-order valence-corrected chi connectivity index (χ1v) is 14.5. The molecule has 1 aromatic heterocycles. The average molecular weight is 589 g/mol. The molecule has 0 unspecified atom stereocenters. The van der Waals surface area contributed by atoms with Gasteiger partial charge in [0.25, 0.3) is 16.5 Å². The Bertz CT molecular complexity index is 1330. The van der Waals surface area contributed by atoms with Crippen LogP contribution in [0.3, 0.4) is 0 Å². The summed E-state index contributed by atoms with van der Waals surface area (Å²) in [5.74, 6) is 0.475. The largest absolute Gasteiger partial charge is 0.489 e. The van der Waals surface area contributed by atoms with Crippen LogP contribution in [0.1, 0.15) is 31.2 Å². The quantitative estimate of drug-likeness (QED) is 0.343. The number of piperidine rings is 1. The smallest absolute Gasteiger partial charge is 0.290 e. The molecular weight excluding hydrogens is 564 g/mol. The van der Waals surface area contributed by atoms with Gasteiger partial charge >= 0.3 is 0 Å². The van der Waals surface area contributed by atoms with Crippen molar-refractivity contribution >= 4 is 56.9 Å². The fraction of sp³-hybridized carbons (Fsp3) is 0.333. The summed E-state index contributed by atoms with van der Waals surface area (Å²) in [4.78, 5) is 14.7. The van der Waals surface area contributed by atoms with Crippen LogP contribution in [0.15, 0.2) is 52.2 Å². The number of anilines is 1. The fourth-order valence-corrected chi connectivity index (χ4v) is 6.89. The molecule has 5 rings (SSSR count). The van der Waals surface area contributed by atoms with Crippen LogP contribution >= 0.6 is 34.5 Å². The SMILES string of the molecule is O=CO.O=S(=O)(Nc1cscn1)c1ccc(OC2C[C@@H]3CC[C@@H](C2)N3Cc2cc(Cl)ccc2F)c(Cl)c1. The number of rotatable bonds is 7. The maximum Gasteiger partial charge on any atom is 0.290 e. The Balaban J connectivity index is 0.00000102. The minimum atomic E-state index is -3.80. The van der Waals surface area contributed by atoms with Gasteiger partial charge in [0.1, 0.15) is 17.7 Å². The second-order valence-corrected chi connectivity index (χ2v) is 11.9. The number of sulfonamides is 1. The number of thiazole rings is 1. The number of ether oxygens (including phenoxy) is 1. The predicted molar refractivity (Wildman–Crippen MR) is 140 cm³/mol. The Kier molecular flexibility index (Phi) is 8.91. The molecule has 2 N–H and O–H groups in total. The number of hydrogen-bond donors (Lipinski definition) is 2. The lowest BCUT2D eigenvalue weighted by Crippen LogP contribution is -2.45. The highest BCUT2D eigenvalue weighted by Gasteiger charge is 2.41. The van der Waals surface area contributed by atoms with E-state index in [0.29, 0.717) is 22.9 Å². The molecule has 3 aromatic rings. The van der Waals surface area contributed by atoms with Crippen LogP contribution in [-0.4, -0.2) is 48.1 Å².